The molecule has 0 bridgehead atoms. The molecule has 164 valence electrons. The number of aromatic nitrogens is 2. The fourth-order valence-corrected chi connectivity index (χ4v) is 4.35. The zero-order valence-corrected chi connectivity index (χ0v) is 19.1. The lowest BCUT2D eigenvalue weighted by molar-refractivity contribution is 0.622. The van der Waals surface area contributed by atoms with E-state index in [4.69, 9.17) is 4.98 Å². The molecule has 1 saturated carbocycles. The van der Waals surface area contributed by atoms with Gasteiger partial charge >= 0.3 is 0 Å². The standard InChI is InChI=1S/C26H33FN4/c1-18-13-23(29-26(14-18)31-19(2)5-6-20(31)3)8-7-21-15-22(27)17-25(16-21)30(12-11-28-4)24-9-10-24/h5-6,13-17,24,28H,7-12H2,1-4H3. The van der Waals surface area contributed by atoms with Gasteiger partial charge in [-0.05, 0) is 107 Å². The highest BCUT2D eigenvalue weighted by atomic mass is 19.1. The number of pyridine rings is 1. The van der Waals surface area contributed by atoms with Gasteiger partial charge in [0.2, 0.25) is 0 Å². The summed E-state index contributed by atoms with van der Waals surface area (Å²) >= 11 is 0. The predicted octanol–water partition coefficient (Wildman–Crippen LogP) is 4.91. The number of halogens is 1. The van der Waals surface area contributed by atoms with Gasteiger partial charge in [-0.3, -0.25) is 0 Å². The molecule has 0 radical (unpaired) electrons. The monoisotopic (exact) mass is 420 g/mol. The third-order valence-corrected chi connectivity index (χ3v) is 6.04. The summed E-state index contributed by atoms with van der Waals surface area (Å²) in [6.07, 6.45) is 3.96. The van der Waals surface area contributed by atoms with Crippen molar-refractivity contribution in [1.82, 2.24) is 14.9 Å². The fraction of sp³-hybridized carbons (Fsp3) is 0.423. The zero-order valence-electron chi connectivity index (χ0n) is 19.1. The van der Waals surface area contributed by atoms with E-state index >= 15 is 0 Å². The van der Waals surface area contributed by atoms with E-state index in [1.54, 1.807) is 12.1 Å². The van der Waals surface area contributed by atoms with Gasteiger partial charge in [0.05, 0.1) is 0 Å². The average molecular weight is 421 g/mol. The fourth-order valence-electron chi connectivity index (χ4n) is 4.35. The van der Waals surface area contributed by atoms with E-state index in [1.807, 2.05) is 7.05 Å². The van der Waals surface area contributed by atoms with E-state index in [-0.39, 0.29) is 5.82 Å². The van der Waals surface area contributed by atoms with Crippen molar-refractivity contribution in [3.8, 4) is 5.82 Å². The van der Waals surface area contributed by atoms with Gasteiger partial charge in [0, 0.05) is 41.9 Å². The van der Waals surface area contributed by atoms with Crippen molar-refractivity contribution in [2.24, 2.45) is 0 Å². The first-order valence-corrected chi connectivity index (χ1v) is 11.3. The molecule has 0 spiro atoms. The lowest BCUT2D eigenvalue weighted by Gasteiger charge is -2.25. The number of likely N-dealkylation sites (N-methyl/N-ethyl adjacent to an activating group) is 1. The quantitative estimate of drug-likeness (QED) is 0.534. The zero-order chi connectivity index (χ0) is 22.0. The molecule has 2 aromatic heterocycles. The average Bonchev–Trinajstić information content (AvgIpc) is 3.50. The van der Waals surface area contributed by atoms with E-state index in [0.29, 0.717) is 6.04 Å². The molecule has 1 N–H and O–H groups in total. The van der Waals surface area contributed by atoms with Crippen molar-refractivity contribution < 1.29 is 4.39 Å². The molecule has 4 rings (SSSR count). The molecule has 1 aromatic carbocycles. The van der Waals surface area contributed by atoms with Gasteiger partial charge in [-0.25, -0.2) is 9.37 Å². The molecule has 0 atom stereocenters. The Labute approximate surface area is 185 Å². The van der Waals surface area contributed by atoms with Crippen LogP contribution in [0.15, 0.2) is 42.5 Å². The topological polar surface area (TPSA) is 33.1 Å². The summed E-state index contributed by atoms with van der Waals surface area (Å²) < 4.78 is 16.6. The minimum absolute atomic E-state index is 0.154. The van der Waals surface area contributed by atoms with Crippen LogP contribution in [0.2, 0.25) is 0 Å². The minimum Gasteiger partial charge on any atom is -0.367 e. The Morgan fingerprint density at radius 1 is 1.03 bits per heavy atom. The molecule has 4 nitrogen and oxygen atoms in total. The van der Waals surface area contributed by atoms with Crippen molar-refractivity contribution in [2.45, 2.75) is 52.5 Å². The SMILES string of the molecule is CNCCN(c1cc(F)cc(CCc2cc(C)cc(-n3c(C)ccc3C)n2)c1)C1CC1. The van der Waals surface area contributed by atoms with Gasteiger partial charge in [0.25, 0.3) is 0 Å². The molecule has 1 aliphatic carbocycles. The maximum Gasteiger partial charge on any atom is 0.137 e. The predicted molar refractivity (Wildman–Crippen MR) is 126 cm³/mol. The third kappa shape index (κ3) is 5.16. The number of nitrogens with zero attached hydrogens (tertiary/aromatic N) is 3. The Hall–Kier alpha value is -2.66. The van der Waals surface area contributed by atoms with E-state index in [2.05, 4.69) is 65.9 Å². The van der Waals surface area contributed by atoms with E-state index in [1.165, 1.54) is 29.8 Å². The lowest BCUT2D eigenvalue weighted by atomic mass is 10.1. The van der Waals surface area contributed by atoms with Crippen molar-refractivity contribution in [2.75, 3.05) is 25.0 Å². The van der Waals surface area contributed by atoms with E-state index in [0.717, 1.165) is 48.7 Å². The van der Waals surface area contributed by atoms with Crippen molar-refractivity contribution >= 4 is 5.69 Å². The van der Waals surface area contributed by atoms with Crippen LogP contribution in [0, 0.1) is 26.6 Å². The van der Waals surface area contributed by atoms with Crippen LogP contribution in [-0.4, -0.2) is 35.7 Å². The number of anilines is 1. The van der Waals surface area contributed by atoms with Crippen LogP contribution >= 0.6 is 0 Å². The first-order valence-electron chi connectivity index (χ1n) is 11.3. The van der Waals surface area contributed by atoms with Crippen LogP contribution in [0.3, 0.4) is 0 Å². The van der Waals surface area contributed by atoms with Gasteiger partial charge in [0.1, 0.15) is 11.6 Å². The van der Waals surface area contributed by atoms with E-state index < -0.39 is 0 Å². The highest BCUT2D eigenvalue weighted by molar-refractivity contribution is 5.51. The van der Waals surface area contributed by atoms with Crippen LogP contribution in [0.1, 0.15) is 41.1 Å². The Bertz CT molecular complexity index is 1030. The molecular weight excluding hydrogens is 387 g/mol. The Balaban J connectivity index is 1.54. The molecule has 1 fully saturated rings. The summed E-state index contributed by atoms with van der Waals surface area (Å²) in [7, 11) is 1.96. The van der Waals surface area contributed by atoms with Gasteiger partial charge in [-0.1, -0.05) is 0 Å². The second-order valence-corrected chi connectivity index (χ2v) is 8.79. The molecule has 0 amide bonds. The van der Waals surface area contributed by atoms with Crippen molar-refractivity contribution in [1.29, 1.82) is 0 Å². The Kier molecular flexibility index (Phi) is 6.42. The minimum atomic E-state index is -0.154. The number of rotatable bonds is 9. The van der Waals surface area contributed by atoms with Crippen LogP contribution in [0.4, 0.5) is 10.1 Å². The molecule has 3 aromatic rings. The summed E-state index contributed by atoms with van der Waals surface area (Å²) in [6, 6.07) is 14.6. The Morgan fingerprint density at radius 3 is 2.45 bits per heavy atom. The van der Waals surface area contributed by atoms with Crippen molar-refractivity contribution in [3.05, 3.63) is 76.5 Å². The number of hydrogen-bond donors (Lipinski definition) is 1. The van der Waals surface area contributed by atoms with Gasteiger partial charge in [-0.2, -0.15) is 0 Å². The number of hydrogen-bond acceptors (Lipinski definition) is 3. The summed E-state index contributed by atoms with van der Waals surface area (Å²) in [5.74, 6) is 0.806. The largest absolute Gasteiger partial charge is 0.367 e. The summed E-state index contributed by atoms with van der Waals surface area (Å²) in [6.45, 7) is 8.12. The second-order valence-electron chi connectivity index (χ2n) is 8.79. The van der Waals surface area contributed by atoms with Crippen LogP contribution < -0.4 is 10.2 Å². The molecule has 0 unspecified atom stereocenters. The molecule has 5 heteroatoms. The molecule has 31 heavy (non-hydrogen) atoms. The number of aryl methyl sites for hydroxylation is 5. The first-order chi connectivity index (χ1) is 14.9. The maximum atomic E-state index is 14.5. The third-order valence-electron chi connectivity index (χ3n) is 6.04. The smallest absolute Gasteiger partial charge is 0.137 e. The molecule has 1 aliphatic rings. The maximum absolute atomic E-state index is 14.5. The van der Waals surface area contributed by atoms with Gasteiger partial charge in [0.15, 0.2) is 0 Å². The molecular formula is C26H33FN4. The Morgan fingerprint density at radius 2 is 1.77 bits per heavy atom. The first kappa shape index (κ1) is 21.6. The highest BCUT2D eigenvalue weighted by Crippen LogP contribution is 2.32. The van der Waals surface area contributed by atoms with Crippen molar-refractivity contribution in [3.63, 3.8) is 0 Å². The second kappa shape index (κ2) is 9.23. The molecule has 0 saturated heterocycles. The molecule has 0 aliphatic heterocycles. The summed E-state index contributed by atoms with van der Waals surface area (Å²) in [5, 5.41) is 3.21. The van der Waals surface area contributed by atoms with Crippen LogP contribution in [0.5, 0.6) is 0 Å². The van der Waals surface area contributed by atoms with E-state index in [9.17, 15) is 4.39 Å². The van der Waals surface area contributed by atoms with Gasteiger partial charge in [-0.15, -0.1) is 0 Å². The van der Waals surface area contributed by atoms with Gasteiger partial charge < -0.3 is 14.8 Å². The number of nitrogens with one attached hydrogen (secondary N) is 1. The normalized spacial score (nSPS) is 13.6. The number of benzene rings is 1. The lowest BCUT2D eigenvalue weighted by Crippen LogP contribution is -2.32. The van der Waals surface area contributed by atoms with Crippen LogP contribution in [-0.2, 0) is 12.8 Å². The highest BCUT2D eigenvalue weighted by Gasteiger charge is 2.29. The van der Waals surface area contributed by atoms with Crippen LogP contribution in [0.25, 0.3) is 5.82 Å². The molecule has 2 heterocycles. The summed E-state index contributed by atoms with van der Waals surface area (Å²) in [5.41, 5.74) is 6.63. The summed E-state index contributed by atoms with van der Waals surface area (Å²) in [4.78, 5) is 7.27.